The third-order valence-electron chi connectivity index (χ3n) is 6.38. The maximum atomic E-state index is 13.4. The predicted molar refractivity (Wildman–Crippen MR) is 110 cm³/mol. The Balaban J connectivity index is 1.33. The molecule has 2 heterocycles. The first kappa shape index (κ1) is 21.1. The van der Waals surface area contributed by atoms with Crippen molar-refractivity contribution in [2.24, 2.45) is 17.5 Å². The number of hydrogen-bond acceptors (Lipinski definition) is 6. The number of benzene rings is 1. The lowest BCUT2D eigenvalue weighted by Crippen LogP contribution is -2.47. The third kappa shape index (κ3) is 4.77. The minimum atomic E-state index is -0.447. The molecule has 4 unspecified atom stereocenters. The van der Waals surface area contributed by atoms with E-state index in [9.17, 15) is 9.18 Å². The lowest BCUT2D eigenvalue weighted by Gasteiger charge is -2.27. The molecule has 30 heavy (non-hydrogen) atoms. The molecular formula is C22H31FN4O3. The van der Waals surface area contributed by atoms with E-state index >= 15 is 0 Å². The van der Waals surface area contributed by atoms with E-state index < -0.39 is 5.82 Å². The molecule has 7 nitrogen and oxygen atoms in total. The van der Waals surface area contributed by atoms with E-state index in [0.717, 1.165) is 12.1 Å². The van der Waals surface area contributed by atoms with Gasteiger partial charge in [0.05, 0.1) is 25.3 Å². The van der Waals surface area contributed by atoms with Crippen LogP contribution in [0.5, 0.6) is 0 Å². The molecule has 2 saturated heterocycles. The van der Waals surface area contributed by atoms with Gasteiger partial charge in [-0.25, -0.2) is 10.2 Å². The highest BCUT2D eigenvalue weighted by Gasteiger charge is 2.49. The summed E-state index contributed by atoms with van der Waals surface area (Å²) in [5.41, 5.74) is 7.30. The van der Waals surface area contributed by atoms with Gasteiger partial charge in [-0.05, 0) is 30.5 Å². The smallest absolute Gasteiger partial charge is 0.251 e. The zero-order chi connectivity index (χ0) is 21.1. The zero-order valence-corrected chi connectivity index (χ0v) is 17.1. The van der Waals surface area contributed by atoms with Crippen LogP contribution in [-0.4, -0.2) is 48.4 Å². The number of amides is 1. The van der Waals surface area contributed by atoms with Gasteiger partial charge in [0.15, 0.2) is 0 Å². The Hall–Kier alpha value is -2.16. The molecule has 1 aliphatic carbocycles. The fourth-order valence-corrected chi connectivity index (χ4v) is 4.80. The molecule has 4 atom stereocenters. The summed E-state index contributed by atoms with van der Waals surface area (Å²) in [5, 5.41) is 4.49. The number of nitrogens with zero attached hydrogens (tertiary/aromatic N) is 1. The normalized spacial score (nSPS) is 29.6. The summed E-state index contributed by atoms with van der Waals surface area (Å²) in [6.07, 6.45) is 8.44. The van der Waals surface area contributed by atoms with E-state index in [1.807, 2.05) is 0 Å². The minimum absolute atomic E-state index is 0.170. The molecular weight excluding hydrogens is 387 g/mol. The van der Waals surface area contributed by atoms with Gasteiger partial charge < -0.3 is 25.5 Å². The van der Waals surface area contributed by atoms with Crippen LogP contribution < -0.4 is 16.9 Å². The molecule has 0 spiro atoms. The van der Waals surface area contributed by atoms with Crippen LogP contribution in [0.25, 0.3) is 0 Å². The molecule has 3 aliphatic rings. The Morgan fingerprint density at radius 2 is 1.97 bits per heavy atom. The van der Waals surface area contributed by atoms with Crippen LogP contribution >= 0.6 is 0 Å². The van der Waals surface area contributed by atoms with E-state index in [1.165, 1.54) is 50.3 Å². The average molecular weight is 419 g/mol. The van der Waals surface area contributed by atoms with Crippen LogP contribution in [0.3, 0.4) is 0 Å². The van der Waals surface area contributed by atoms with Crippen molar-refractivity contribution in [1.29, 1.82) is 0 Å². The van der Waals surface area contributed by atoms with E-state index in [1.54, 1.807) is 17.3 Å². The van der Waals surface area contributed by atoms with Crippen LogP contribution in [0, 0.1) is 11.7 Å². The second-order valence-corrected chi connectivity index (χ2v) is 8.61. The molecule has 164 valence electrons. The lowest BCUT2D eigenvalue weighted by atomic mass is 9.86. The molecule has 1 saturated carbocycles. The largest absolute Gasteiger partial charge is 0.401 e. The number of nitrogens with two attached hydrogens (primary N) is 2. The number of fused-ring (bicyclic) bond motifs is 1. The fraction of sp³-hybridized carbons (Fsp3) is 0.591. The van der Waals surface area contributed by atoms with Crippen LogP contribution in [0.4, 0.5) is 4.39 Å². The summed E-state index contributed by atoms with van der Waals surface area (Å²) in [7, 11) is 0. The number of carbonyl (C=O) groups is 1. The molecule has 0 radical (unpaired) electrons. The first-order valence-electron chi connectivity index (χ1n) is 10.8. The lowest BCUT2D eigenvalue weighted by molar-refractivity contribution is 0.0525. The van der Waals surface area contributed by atoms with Gasteiger partial charge in [-0.1, -0.05) is 38.2 Å². The Kier molecular flexibility index (Phi) is 6.55. The molecule has 1 amide bonds. The number of rotatable bonds is 6. The van der Waals surface area contributed by atoms with Crippen molar-refractivity contribution in [1.82, 2.24) is 10.3 Å². The number of halogens is 1. The van der Waals surface area contributed by atoms with Gasteiger partial charge in [-0.2, -0.15) is 0 Å². The average Bonchev–Trinajstić information content (AvgIpc) is 3.31. The summed E-state index contributed by atoms with van der Waals surface area (Å²) < 4.78 is 25.2. The van der Waals surface area contributed by atoms with E-state index in [-0.39, 0.29) is 35.8 Å². The highest BCUT2D eigenvalue weighted by atomic mass is 19.1. The standard InChI is InChI=1S/C22H31FN4O3/c23-16-8-4-7-15(10-16)22(28)26-18-12-29-21-19(13-30-20(18)21)27(25)11-17(24)9-14-5-2-1-3-6-14/h4,7-8,10-11,14,18-21H,1-3,5-6,9,12-13,24-25H2,(H,26,28)/b17-11-. The number of allylic oxidation sites excluding steroid dienone is 1. The van der Waals surface area contributed by atoms with Crippen LogP contribution in [-0.2, 0) is 9.47 Å². The summed E-state index contributed by atoms with van der Waals surface area (Å²) in [6.45, 7) is 0.716. The van der Waals surface area contributed by atoms with Crippen LogP contribution in [0.2, 0.25) is 0 Å². The highest BCUT2D eigenvalue weighted by Crippen LogP contribution is 2.31. The zero-order valence-electron chi connectivity index (χ0n) is 17.1. The van der Waals surface area contributed by atoms with Crippen molar-refractivity contribution in [2.75, 3.05) is 13.2 Å². The first-order chi connectivity index (χ1) is 14.5. The van der Waals surface area contributed by atoms with Gasteiger partial charge in [0.1, 0.15) is 18.0 Å². The van der Waals surface area contributed by atoms with E-state index in [0.29, 0.717) is 19.1 Å². The van der Waals surface area contributed by atoms with Gasteiger partial charge in [0, 0.05) is 17.5 Å². The summed E-state index contributed by atoms with van der Waals surface area (Å²) in [6, 6.07) is 5.12. The van der Waals surface area contributed by atoms with Gasteiger partial charge in [-0.15, -0.1) is 0 Å². The van der Waals surface area contributed by atoms with Gasteiger partial charge in [0.25, 0.3) is 5.91 Å². The monoisotopic (exact) mass is 418 g/mol. The first-order valence-corrected chi connectivity index (χ1v) is 10.8. The Morgan fingerprint density at radius 1 is 1.20 bits per heavy atom. The maximum absolute atomic E-state index is 13.4. The quantitative estimate of drug-likeness (QED) is 0.483. The molecule has 2 aliphatic heterocycles. The molecule has 1 aromatic carbocycles. The molecule has 4 rings (SSSR count). The van der Waals surface area contributed by atoms with Crippen molar-refractivity contribution in [3.05, 3.63) is 47.5 Å². The second kappa shape index (κ2) is 9.32. The highest BCUT2D eigenvalue weighted by molar-refractivity contribution is 5.94. The van der Waals surface area contributed by atoms with Crippen molar-refractivity contribution >= 4 is 5.91 Å². The van der Waals surface area contributed by atoms with Crippen LogP contribution in [0.15, 0.2) is 36.2 Å². The van der Waals surface area contributed by atoms with Gasteiger partial charge in [-0.3, -0.25) is 4.79 Å². The van der Waals surface area contributed by atoms with Gasteiger partial charge >= 0.3 is 0 Å². The Bertz CT molecular complexity index is 783. The molecule has 5 N–H and O–H groups in total. The molecule has 8 heteroatoms. The maximum Gasteiger partial charge on any atom is 0.251 e. The predicted octanol–water partition coefficient (Wildman–Crippen LogP) is 2.04. The van der Waals surface area contributed by atoms with Crippen LogP contribution in [0.1, 0.15) is 48.9 Å². The van der Waals surface area contributed by atoms with Crippen molar-refractivity contribution in [3.8, 4) is 0 Å². The molecule has 3 fully saturated rings. The van der Waals surface area contributed by atoms with Crippen molar-refractivity contribution < 1.29 is 18.7 Å². The number of carbonyl (C=O) groups excluding carboxylic acids is 1. The molecule has 0 bridgehead atoms. The van der Waals surface area contributed by atoms with E-state index in [4.69, 9.17) is 21.1 Å². The number of hydrazine groups is 1. The SMILES string of the molecule is N/C(=C\N(N)C1COC2C(NC(=O)c3cccc(F)c3)COC21)CC1CCCCC1. The third-order valence-corrected chi connectivity index (χ3v) is 6.38. The number of nitrogens with one attached hydrogen (secondary N) is 1. The van der Waals surface area contributed by atoms with Crippen molar-refractivity contribution in [3.63, 3.8) is 0 Å². The minimum Gasteiger partial charge on any atom is -0.401 e. The second-order valence-electron chi connectivity index (χ2n) is 8.61. The number of hydrogen-bond donors (Lipinski definition) is 3. The molecule has 0 aromatic heterocycles. The molecule has 1 aromatic rings. The van der Waals surface area contributed by atoms with Gasteiger partial charge in [0.2, 0.25) is 0 Å². The summed E-state index contributed by atoms with van der Waals surface area (Å²) >= 11 is 0. The summed E-state index contributed by atoms with van der Waals surface area (Å²) in [4.78, 5) is 12.4. The Morgan fingerprint density at radius 3 is 2.73 bits per heavy atom. The Labute approximate surface area is 176 Å². The van der Waals surface area contributed by atoms with Crippen molar-refractivity contribution in [2.45, 2.75) is 62.8 Å². The fourth-order valence-electron chi connectivity index (χ4n) is 4.80. The topological polar surface area (TPSA) is 103 Å². The number of ether oxygens (including phenoxy) is 2. The van der Waals surface area contributed by atoms with E-state index in [2.05, 4.69) is 5.32 Å². The summed E-state index contributed by atoms with van der Waals surface area (Å²) in [5.74, 6) is 6.13.